The smallest absolute Gasteiger partial charge is 0.242 e. The molecule has 0 aliphatic rings. The van der Waals surface area contributed by atoms with E-state index in [4.69, 9.17) is 5.26 Å². The minimum atomic E-state index is 0.104. The minimum absolute atomic E-state index is 0.104. The maximum Gasteiger partial charge on any atom is 0.242 e. The molecular formula is C15H21N3O. The van der Waals surface area contributed by atoms with E-state index < -0.39 is 0 Å². The summed E-state index contributed by atoms with van der Waals surface area (Å²) < 4.78 is 0. The fourth-order valence-electron chi connectivity index (χ4n) is 1.96. The van der Waals surface area contributed by atoms with Gasteiger partial charge in [0.05, 0.1) is 19.0 Å². The van der Waals surface area contributed by atoms with Gasteiger partial charge in [-0.15, -0.1) is 0 Å². The number of hydrogen-bond donors (Lipinski definition) is 0. The standard InChI is InChI=1S/C15H21N3O/c1-3-17(4-2)15(19)13-18(12-8-11-16)14-9-6-5-7-10-14/h5-7,9-10H,3-4,8,12-13H2,1-2H3. The first-order chi connectivity index (χ1) is 9.22. The Balaban J connectivity index is 2.76. The summed E-state index contributed by atoms with van der Waals surface area (Å²) in [5.41, 5.74) is 0.984. The summed E-state index contributed by atoms with van der Waals surface area (Å²) in [6.07, 6.45) is 0.417. The van der Waals surface area contributed by atoms with E-state index in [0.717, 1.165) is 18.8 Å². The molecule has 4 heteroatoms. The third-order valence-electron chi connectivity index (χ3n) is 3.06. The number of hydrogen-bond acceptors (Lipinski definition) is 3. The van der Waals surface area contributed by atoms with Gasteiger partial charge < -0.3 is 9.80 Å². The molecule has 0 heterocycles. The molecule has 0 atom stereocenters. The third kappa shape index (κ3) is 4.63. The molecule has 4 nitrogen and oxygen atoms in total. The summed E-state index contributed by atoms with van der Waals surface area (Å²) in [6.45, 7) is 6.29. The zero-order chi connectivity index (χ0) is 14.1. The van der Waals surface area contributed by atoms with Crippen LogP contribution >= 0.6 is 0 Å². The van der Waals surface area contributed by atoms with E-state index in [0.29, 0.717) is 19.5 Å². The lowest BCUT2D eigenvalue weighted by atomic mass is 10.2. The van der Waals surface area contributed by atoms with Gasteiger partial charge in [0.2, 0.25) is 5.91 Å². The fraction of sp³-hybridized carbons (Fsp3) is 0.467. The van der Waals surface area contributed by atoms with Gasteiger partial charge in [0.15, 0.2) is 0 Å². The fourth-order valence-corrected chi connectivity index (χ4v) is 1.96. The summed E-state index contributed by atoms with van der Waals surface area (Å²) >= 11 is 0. The van der Waals surface area contributed by atoms with Crippen molar-refractivity contribution in [3.8, 4) is 6.07 Å². The molecule has 0 spiro atoms. The highest BCUT2D eigenvalue weighted by molar-refractivity contribution is 5.81. The number of likely N-dealkylation sites (N-methyl/N-ethyl adjacent to an activating group) is 1. The minimum Gasteiger partial charge on any atom is -0.361 e. The highest BCUT2D eigenvalue weighted by atomic mass is 16.2. The molecule has 0 aliphatic heterocycles. The Hall–Kier alpha value is -2.02. The largest absolute Gasteiger partial charge is 0.361 e. The molecule has 102 valence electrons. The molecule has 0 bridgehead atoms. The summed E-state index contributed by atoms with van der Waals surface area (Å²) in [4.78, 5) is 15.9. The van der Waals surface area contributed by atoms with E-state index in [2.05, 4.69) is 6.07 Å². The van der Waals surface area contributed by atoms with Gasteiger partial charge in [0, 0.05) is 25.3 Å². The molecule has 1 amide bonds. The predicted molar refractivity (Wildman–Crippen MR) is 76.8 cm³/mol. The van der Waals surface area contributed by atoms with Crippen LogP contribution in [0.2, 0.25) is 0 Å². The second-order valence-corrected chi connectivity index (χ2v) is 4.23. The zero-order valence-electron chi connectivity index (χ0n) is 11.7. The average Bonchev–Trinajstić information content (AvgIpc) is 2.45. The van der Waals surface area contributed by atoms with Crippen LogP contribution in [-0.4, -0.2) is 37.0 Å². The summed E-state index contributed by atoms with van der Waals surface area (Å²) in [5.74, 6) is 0.104. The van der Waals surface area contributed by atoms with Crippen molar-refractivity contribution < 1.29 is 4.79 Å². The lowest BCUT2D eigenvalue weighted by Crippen LogP contribution is -2.40. The number of carbonyl (C=O) groups is 1. The Morgan fingerprint density at radius 3 is 2.37 bits per heavy atom. The number of anilines is 1. The van der Waals surface area contributed by atoms with Gasteiger partial charge in [-0.3, -0.25) is 4.79 Å². The normalized spacial score (nSPS) is 9.74. The second kappa shape index (κ2) is 8.15. The predicted octanol–water partition coefficient (Wildman–Crippen LogP) is 2.28. The number of nitriles is 1. The van der Waals surface area contributed by atoms with Crippen LogP contribution in [0, 0.1) is 11.3 Å². The van der Waals surface area contributed by atoms with E-state index in [-0.39, 0.29) is 5.91 Å². The Morgan fingerprint density at radius 2 is 1.84 bits per heavy atom. The molecule has 0 radical (unpaired) electrons. The Morgan fingerprint density at radius 1 is 1.21 bits per heavy atom. The van der Waals surface area contributed by atoms with Crippen molar-refractivity contribution in [2.75, 3.05) is 31.1 Å². The van der Waals surface area contributed by atoms with E-state index >= 15 is 0 Å². The summed E-state index contributed by atoms with van der Waals surface area (Å²) in [7, 11) is 0. The second-order valence-electron chi connectivity index (χ2n) is 4.23. The zero-order valence-corrected chi connectivity index (χ0v) is 11.7. The van der Waals surface area contributed by atoms with Crippen LogP contribution in [-0.2, 0) is 4.79 Å². The molecular weight excluding hydrogens is 238 g/mol. The number of carbonyl (C=O) groups excluding carboxylic acids is 1. The maximum atomic E-state index is 12.2. The number of para-hydroxylation sites is 1. The maximum absolute atomic E-state index is 12.2. The van der Waals surface area contributed by atoms with Crippen molar-refractivity contribution in [2.24, 2.45) is 0 Å². The summed E-state index contributed by atoms with van der Waals surface area (Å²) in [5, 5.41) is 8.73. The molecule has 1 aromatic carbocycles. The molecule has 0 aliphatic carbocycles. The lowest BCUT2D eigenvalue weighted by Gasteiger charge is -2.27. The highest BCUT2D eigenvalue weighted by Crippen LogP contribution is 2.13. The van der Waals surface area contributed by atoms with Crippen molar-refractivity contribution in [2.45, 2.75) is 20.3 Å². The molecule has 0 saturated carbocycles. The van der Waals surface area contributed by atoms with Crippen molar-refractivity contribution in [1.82, 2.24) is 4.90 Å². The number of amides is 1. The van der Waals surface area contributed by atoms with E-state index in [9.17, 15) is 4.79 Å². The molecule has 1 aromatic rings. The van der Waals surface area contributed by atoms with Crippen LogP contribution < -0.4 is 4.90 Å². The van der Waals surface area contributed by atoms with E-state index in [1.807, 2.05) is 54.0 Å². The Bertz CT molecular complexity index is 421. The van der Waals surface area contributed by atoms with Crippen molar-refractivity contribution >= 4 is 11.6 Å². The third-order valence-corrected chi connectivity index (χ3v) is 3.06. The van der Waals surface area contributed by atoms with Crippen LogP contribution in [0.3, 0.4) is 0 Å². The van der Waals surface area contributed by atoms with E-state index in [1.54, 1.807) is 0 Å². The number of nitrogens with zero attached hydrogens (tertiary/aromatic N) is 3. The molecule has 0 N–H and O–H groups in total. The van der Waals surface area contributed by atoms with Gasteiger partial charge in [-0.2, -0.15) is 5.26 Å². The van der Waals surface area contributed by atoms with Gasteiger partial charge in [-0.1, -0.05) is 18.2 Å². The molecule has 0 saturated heterocycles. The Kier molecular flexibility index (Phi) is 6.45. The van der Waals surface area contributed by atoms with Gasteiger partial charge in [0.25, 0.3) is 0 Å². The molecule has 0 aromatic heterocycles. The molecule has 1 rings (SSSR count). The monoisotopic (exact) mass is 259 g/mol. The van der Waals surface area contributed by atoms with Crippen LogP contribution in [0.15, 0.2) is 30.3 Å². The van der Waals surface area contributed by atoms with Crippen LogP contribution in [0.4, 0.5) is 5.69 Å². The average molecular weight is 259 g/mol. The first-order valence-electron chi connectivity index (χ1n) is 6.67. The Labute approximate surface area is 115 Å². The number of benzene rings is 1. The number of rotatable bonds is 7. The molecule has 0 fully saturated rings. The molecule has 19 heavy (non-hydrogen) atoms. The quantitative estimate of drug-likeness (QED) is 0.754. The topological polar surface area (TPSA) is 47.3 Å². The van der Waals surface area contributed by atoms with E-state index in [1.165, 1.54) is 0 Å². The SMILES string of the molecule is CCN(CC)C(=O)CN(CCC#N)c1ccccc1. The lowest BCUT2D eigenvalue weighted by molar-refractivity contribution is -0.129. The van der Waals surface area contributed by atoms with Crippen LogP contribution in [0.25, 0.3) is 0 Å². The van der Waals surface area contributed by atoms with Crippen LogP contribution in [0.1, 0.15) is 20.3 Å². The van der Waals surface area contributed by atoms with Crippen molar-refractivity contribution in [3.05, 3.63) is 30.3 Å². The van der Waals surface area contributed by atoms with Crippen molar-refractivity contribution in [1.29, 1.82) is 5.26 Å². The van der Waals surface area contributed by atoms with Crippen molar-refractivity contribution in [3.63, 3.8) is 0 Å². The first kappa shape index (κ1) is 15.0. The first-order valence-corrected chi connectivity index (χ1v) is 6.67. The van der Waals surface area contributed by atoms with Gasteiger partial charge in [-0.25, -0.2) is 0 Å². The summed E-state index contributed by atoms with van der Waals surface area (Å²) in [6, 6.07) is 11.9. The highest BCUT2D eigenvalue weighted by Gasteiger charge is 2.15. The van der Waals surface area contributed by atoms with Gasteiger partial charge in [-0.05, 0) is 26.0 Å². The molecule has 0 unspecified atom stereocenters. The van der Waals surface area contributed by atoms with Gasteiger partial charge >= 0.3 is 0 Å². The van der Waals surface area contributed by atoms with Gasteiger partial charge in [0.1, 0.15) is 0 Å². The van der Waals surface area contributed by atoms with Crippen LogP contribution in [0.5, 0.6) is 0 Å².